The number of H-pyrrole nitrogens is 1. The predicted octanol–water partition coefficient (Wildman–Crippen LogP) is 2.37. The lowest BCUT2D eigenvalue weighted by Gasteiger charge is -2.33. The molecular weight excluding hydrogens is 257 g/mol. The Kier molecular flexibility index (Phi) is 4.14. The zero-order chi connectivity index (χ0) is 13.3. The third-order valence-electron chi connectivity index (χ3n) is 1.47. The Labute approximate surface area is 107 Å². The molecule has 0 aliphatic carbocycles. The van der Waals surface area contributed by atoms with Crippen LogP contribution in [0.4, 0.5) is 0 Å². The van der Waals surface area contributed by atoms with Crippen molar-refractivity contribution in [3.63, 3.8) is 0 Å². The van der Waals surface area contributed by atoms with Crippen LogP contribution >= 0.6 is 6.49 Å². The van der Waals surface area contributed by atoms with Crippen LogP contribution in [0, 0.1) is 0 Å². The minimum atomic E-state index is -2.64. The first-order valence-corrected chi connectivity index (χ1v) is 8.04. The molecule has 0 amide bonds. The zero-order valence-electron chi connectivity index (χ0n) is 11.1. The number of aromatic nitrogens is 3. The van der Waals surface area contributed by atoms with Crippen molar-refractivity contribution in [2.75, 3.05) is 0 Å². The van der Waals surface area contributed by atoms with E-state index in [4.69, 9.17) is 20.9 Å². The third-order valence-corrected chi connectivity index (χ3v) is 4.83. The lowest BCUT2D eigenvalue weighted by Crippen LogP contribution is -2.28. The molecule has 0 saturated heterocycles. The molecule has 17 heavy (non-hydrogen) atoms. The smallest absolute Gasteiger partial charge is 0.242 e. The number of rotatable bonds is 3. The summed E-state index contributed by atoms with van der Waals surface area (Å²) < 4.78 is 11.9. The van der Waals surface area contributed by atoms with E-state index in [0.29, 0.717) is 5.44 Å². The van der Waals surface area contributed by atoms with E-state index in [9.17, 15) is 0 Å². The van der Waals surface area contributed by atoms with E-state index in [2.05, 4.69) is 15.4 Å². The molecule has 1 rings (SSSR count). The van der Waals surface area contributed by atoms with Gasteiger partial charge in [0.2, 0.25) is 6.49 Å². The van der Waals surface area contributed by atoms with Gasteiger partial charge >= 0.3 is 0 Å². The number of aromatic amines is 1. The highest BCUT2D eigenvalue weighted by atomic mass is 32.5. The van der Waals surface area contributed by atoms with Gasteiger partial charge in [-0.3, -0.25) is 0 Å². The van der Waals surface area contributed by atoms with Crippen molar-refractivity contribution in [3.8, 4) is 0 Å². The molecule has 1 heterocycles. The second kappa shape index (κ2) is 4.76. The maximum Gasteiger partial charge on any atom is 0.242 e. The van der Waals surface area contributed by atoms with Gasteiger partial charge in [-0.2, -0.15) is 15.4 Å². The van der Waals surface area contributed by atoms with Gasteiger partial charge in [-0.15, -0.1) is 0 Å². The van der Waals surface area contributed by atoms with Crippen molar-refractivity contribution in [1.29, 1.82) is 0 Å². The zero-order valence-corrected chi connectivity index (χ0v) is 12.9. The minimum Gasteiger partial charge on any atom is -0.319 e. The van der Waals surface area contributed by atoms with Crippen molar-refractivity contribution in [2.24, 2.45) is 0 Å². The van der Waals surface area contributed by atoms with E-state index < -0.39 is 6.49 Å². The fourth-order valence-corrected chi connectivity index (χ4v) is 4.80. The lowest BCUT2D eigenvalue weighted by molar-refractivity contribution is 0.0756. The largest absolute Gasteiger partial charge is 0.319 e. The maximum absolute atomic E-state index is 5.93. The molecule has 0 aliphatic rings. The van der Waals surface area contributed by atoms with E-state index in [1.165, 1.54) is 0 Å². The molecule has 0 spiro atoms. The summed E-state index contributed by atoms with van der Waals surface area (Å²) in [5, 5.41) is 10.3. The molecule has 1 aromatic rings. The quantitative estimate of drug-likeness (QED) is 0.859. The maximum atomic E-state index is 5.93. The second-order valence-corrected chi connectivity index (χ2v) is 8.99. The number of nitrogens with zero attached hydrogens (tertiary/aromatic N) is 2. The molecule has 0 radical (unpaired) electrons. The number of nitrogens with one attached hydrogen (secondary N) is 1. The number of hydrogen-bond acceptors (Lipinski definition) is 5. The summed E-state index contributed by atoms with van der Waals surface area (Å²) >= 11 is 5.56. The average Bonchev–Trinajstić information content (AvgIpc) is 2.45. The molecule has 1 N–H and O–H groups in total. The Morgan fingerprint density at radius 1 is 1.12 bits per heavy atom. The molecule has 0 aromatic carbocycles. The first kappa shape index (κ1) is 14.8. The molecular formula is C10H20N3O2PS. The Balaban J connectivity index is 3.06. The SMILES string of the molecule is CC(C)(C)OP(=S)(OC(C)(C)C)c1cn[nH]n1. The molecule has 7 heteroatoms. The van der Waals surface area contributed by atoms with Gasteiger partial charge in [-0.25, -0.2) is 0 Å². The summed E-state index contributed by atoms with van der Waals surface area (Å²) in [6.07, 6.45) is 1.57. The number of hydrogen-bond donors (Lipinski definition) is 1. The van der Waals surface area contributed by atoms with E-state index in [0.717, 1.165) is 0 Å². The second-order valence-electron chi connectivity index (χ2n) is 5.73. The highest BCUT2D eigenvalue weighted by Gasteiger charge is 2.34. The highest BCUT2D eigenvalue weighted by Crippen LogP contribution is 2.52. The summed E-state index contributed by atoms with van der Waals surface area (Å²) in [4.78, 5) is 0. The summed E-state index contributed by atoms with van der Waals surface area (Å²) in [6.45, 7) is 9.03. The molecule has 0 unspecified atom stereocenters. The molecule has 0 aliphatic heterocycles. The van der Waals surface area contributed by atoms with Crippen LogP contribution in [0.3, 0.4) is 0 Å². The average molecular weight is 277 g/mol. The highest BCUT2D eigenvalue weighted by molar-refractivity contribution is 8.13. The van der Waals surface area contributed by atoms with Crippen molar-refractivity contribution < 1.29 is 9.05 Å². The van der Waals surface area contributed by atoms with E-state index >= 15 is 0 Å². The Hall–Kier alpha value is -0.290. The van der Waals surface area contributed by atoms with Gasteiger partial charge in [0.05, 0.1) is 17.4 Å². The van der Waals surface area contributed by atoms with Crippen LogP contribution in [-0.2, 0) is 20.9 Å². The summed E-state index contributed by atoms with van der Waals surface area (Å²) in [7, 11) is 0. The Bertz CT molecular complexity index is 386. The van der Waals surface area contributed by atoms with E-state index in [1.54, 1.807) is 6.20 Å². The molecule has 98 valence electrons. The summed E-state index contributed by atoms with van der Waals surface area (Å²) in [5.41, 5.74) is -0.211. The van der Waals surface area contributed by atoms with E-state index in [1.807, 2.05) is 41.5 Å². The van der Waals surface area contributed by atoms with Crippen LogP contribution in [-0.4, -0.2) is 26.6 Å². The van der Waals surface area contributed by atoms with Gasteiger partial charge in [0, 0.05) is 0 Å². The Morgan fingerprint density at radius 2 is 1.59 bits per heavy atom. The van der Waals surface area contributed by atoms with Crippen molar-refractivity contribution in [3.05, 3.63) is 6.20 Å². The van der Waals surface area contributed by atoms with Crippen LogP contribution in [0.15, 0.2) is 6.20 Å². The van der Waals surface area contributed by atoms with Gasteiger partial charge in [-0.1, -0.05) is 0 Å². The van der Waals surface area contributed by atoms with Crippen LogP contribution < -0.4 is 5.44 Å². The standard InChI is InChI=1S/C10H20N3O2PS/c1-9(2,3)14-16(17,15-10(4,5)6)8-7-11-13-12-8/h7H,1-6H3,(H,11,12,13). The van der Waals surface area contributed by atoms with Crippen LogP contribution in [0.25, 0.3) is 0 Å². The van der Waals surface area contributed by atoms with Crippen molar-refractivity contribution in [2.45, 2.75) is 52.7 Å². The predicted molar refractivity (Wildman–Crippen MR) is 72.0 cm³/mol. The topological polar surface area (TPSA) is 60.0 Å². The molecule has 5 nitrogen and oxygen atoms in total. The fraction of sp³-hybridized carbons (Fsp3) is 0.800. The molecule has 0 bridgehead atoms. The first-order chi connectivity index (χ1) is 7.52. The summed E-state index contributed by atoms with van der Waals surface area (Å²) in [6, 6.07) is 0. The molecule has 0 atom stereocenters. The normalized spacial score (nSPS) is 14.0. The van der Waals surface area contributed by atoms with Gasteiger partial charge in [-0.05, 0) is 53.3 Å². The van der Waals surface area contributed by atoms with Crippen molar-refractivity contribution in [1.82, 2.24) is 15.4 Å². The minimum absolute atomic E-state index is 0.389. The van der Waals surface area contributed by atoms with Gasteiger partial charge < -0.3 is 9.05 Å². The third kappa shape index (κ3) is 4.84. The first-order valence-electron chi connectivity index (χ1n) is 5.40. The van der Waals surface area contributed by atoms with Crippen LogP contribution in [0.1, 0.15) is 41.5 Å². The van der Waals surface area contributed by atoms with Crippen LogP contribution in [0.2, 0.25) is 0 Å². The monoisotopic (exact) mass is 277 g/mol. The van der Waals surface area contributed by atoms with Gasteiger partial charge in [0.25, 0.3) is 0 Å². The molecule has 1 aromatic heterocycles. The summed E-state index contributed by atoms with van der Waals surface area (Å²) in [5.74, 6) is 0. The lowest BCUT2D eigenvalue weighted by atomic mass is 10.2. The fourth-order valence-electron chi connectivity index (χ4n) is 1.16. The van der Waals surface area contributed by atoms with Crippen LogP contribution in [0.5, 0.6) is 0 Å². The molecule has 0 saturated carbocycles. The molecule has 0 fully saturated rings. The Morgan fingerprint density at radius 3 is 1.88 bits per heavy atom. The van der Waals surface area contributed by atoms with Crippen molar-refractivity contribution >= 4 is 23.7 Å². The van der Waals surface area contributed by atoms with E-state index in [-0.39, 0.29) is 11.2 Å². The van der Waals surface area contributed by atoms with Gasteiger partial charge in [0.15, 0.2) is 5.44 Å². The van der Waals surface area contributed by atoms with Gasteiger partial charge in [0.1, 0.15) is 0 Å².